The van der Waals surface area contributed by atoms with Gasteiger partial charge in [0.15, 0.2) is 0 Å². The van der Waals surface area contributed by atoms with Crippen molar-refractivity contribution in [1.82, 2.24) is 0 Å². The zero-order valence-electron chi connectivity index (χ0n) is 9.63. The molecular formula is C12H15NO3. The molecule has 0 saturated carbocycles. The molecule has 0 bridgehead atoms. The van der Waals surface area contributed by atoms with Gasteiger partial charge in [-0.3, -0.25) is 9.59 Å². The number of carbonyl (C=O) groups excluding carboxylic acids is 2. The molecule has 1 amide bonds. The molecule has 2 N–H and O–H groups in total. The molecular weight excluding hydrogens is 206 g/mol. The molecule has 0 radical (unpaired) electrons. The third-order valence-corrected chi connectivity index (χ3v) is 2.23. The molecule has 0 aliphatic carbocycles. The summed E-state index contributed by atoms with van der Waals surface area (Å²) in [5.41, 5.74) is 2.07. The van der Waals surface area contributed by atoms with Crippen LogP contribution in [0.4, 0.5) is 5.69 Å². The number of nitrogens with one attached hydrogen (secondary N) is 1. The number of aromatic hydroxyl groups is 1. The summed E-state index contributed by atoms with van der Waals surface area (Å²) in [5.74, 6) is -0.312. The minimum Gasteiger partial charge on any atom is -0.508 e. The van der Waals surface area contributed by atoms with E-state index < -0.39 is 0 Å². The van der Waals surface area contributed by atoms with Crippen LogP contribution in [0, 0.1) is 13.8 Å². The lowest BCUT2D eigenvalue weighted by Crippen LogP contribution is -2.15. The number of benzene rings is 1. The van der Waals surface area contributed by atoms with E-state index in [0.717, 1.165) is 5.56 Å². The Bertz CT molecular complexity index is 438. The van der Waals surface area contributed by atoms with Gasteiger partial charge in [0.25, 0.3) is 0 Å². The van der Waals surface area contributed by atoms with Gasteiger partial charge in [0.05, 0.1) is 6.42 Å². The van der Waals surface area contributed by atoms with E-state index in [1.54, 1.807) is 26.0 Å². The van der Waals surface area contributed by atoms with E-state index in [2.05, 4.69) is 5.32 Å². The number of aryl methyl sites for hydroxylation is 2. The molecule has 0 fully saturated rings. The van der Waals surface area contributed by atoms with Crippen molar-refractivity contribution in [3.63, 3.8) is 0 Å². The fraction of sp³-hybridized carbons (Fsp3) is 0.333. The SMILES string of the molecule is CC(=O)CC(=O)Nc1cc(C)c(O)cc1C. The quantitative estimate of drug-likeness (QED) is 0.605. The number of amides is 1. The Kier molecular flexibility index (Phi) is 3.66. The standard InChI is InChI=1S/C12H15NO3/c1-7-5-11(15)8(2)4-10(7)13-12(16)6-9(3)14/h4-5,15H,6H2,1-3H3,(H,13,16). The average molecular weight is 221 g/mol. The molecule has 0 unspecified atom stereocenters. The Labute approximate surface area is 94.3 Å². The topological polar surface area (TPSA) is 66.4 Å². The van der Waals surface area contributed by atoms with Crippen LogP contribution in [-0.4, -0.2) is 16.8 Å². The van der Waals surface area contributed by atoms with Crippen LogP contribution in [0.2, 0.25) is 0 Å². The van der Waals surface area contributed by atoms with Crippen molar-refractivity contribution in [2.24, 2.45) is 0 Å². The number of hydrogen-bond donors (Lipinski definition) is 2. The van der Waals surface area contributed by atoms with E-state index in [4.69, 9.17) is 0 Å². The number of rotatable bonds is 3. The van der Waals surface area contributed by atoms with Crippen LogP contribution in [0.3, 0.4) is 0 Å². The highest BCUT2D eigenvalue weighted by Gasteiger charge is 2.09. The summed E-state index contributed by atoms with van der Waals surface area (Å²) in [6.45, 7) is 4.90. The molecule has 4 heteroatoms. The maximum Gasteiger partial charge on any atom is 0.231 e. The van der Waals surface area contributed by atoms with Crippen molar-refractivity contribution in [1.29, 1.82) is 0 Å². The number of phenols is 1. The van der Waals surface area contributed by atoms with E-state index in [9.17, 15) is 14.7 Å². The molecule has 86 valence electrons. The lowest BCUT2D eigenvalue weighted by molar-refractivity contribution is -0.124. The zero-order valence-corrected chi connectivity index (χ0v) is 9.63. The normalized spacial score (nSPS) is 9.94. The van der Waals surface area contributed by atoms with Gasteiger partial charge in [-0.1, -0.05) is 0 Å². The molecule has 1 aromatic rings. The first-order valence-electron chi connectivity index (χ1n) is 4.99. The van der Waals surface area contributed by atoms with Crippen LogP contribution < -0.4 is 5.32 Å². The van der Waals surface area contributed by atoms with Gasteiger partial charge < -0.3 is 10.4 Å². The largest absolute Gasteiger partial charge is 0.508 e. The minimum absolute atomic E-state index is 0.126. The Morgan fingerprint density at radius 3 is 2.44 bits per heavy atom. The van der Waals surface area contributed by atoms with Gasteiger partial charge in [-0.2, -0.15) is 0 Å². The number of carbonyl (C=O) groups is 2. The Hall–Kier alpha value is -1.84. The summed E-state index contributed by atoms with van der Waals surface area (Å²) in [4.78, 5) is 22.1. The monoisotopic (exact) mass is 221 g/mol. The van der Waals surface area contributed by atoms with Gasteiger partial charge >= 0.3 is 0 Å². The van der Waals surface area contributed by atoms with E-state index >= 15 is 0 Å². The van der Waals surface area contributed by atoms with Gasteiger partial charge in [-0.25, -0.2) is 0 Å². The molecule has 0 heterocycles. The highest BCUT2D eigenvalue weighted by molar-refractivity contribution is 6.03. The second kappa shape index (κ2) is 4.79. The lowest BCUT2D eigenvalue weighted by atomic mass is 10.1. The Balaban J connectivity index is 2.85. The highest BCUT2D eigenvalue weighted by Crippen LogP contribution is 2.24. The van der Waals surface area contributed by atoms with Gasteiger partial charge in [-0.15, -0.1) is 0 Å². The second-order valence-electron chi connectivity index (χ2n) is 3.88. The fourth-order valence-corrected chi connectivity index (χ4v) is 1.36. The van der Waals surface area contributed by atoms with Crippen LogP contribution in [0.15, 0.2) is 12.1 Å². The first-order valence-corrected chi connectivity index (χ1v) is 4.99. The van der Waals surface area contributed by atoms with Crippen LogP contribution >= 0.6 is 0 Å². The van der Waals surface area contributed by atoms with Crippen molar-refractivity contribution in [3.05, 3.63) is 23.3 Å². The molecule has 0 atom stereocenters. The molecule has 1 aromatic carbocycles. The number of anilines is 1. The molecule has 4 nitrogen and oxygen atoms in total. The van der Waals surface area contributed by atoms with Gasteiger partial charge in [0, 0.05) is 5.69 Å². The van der Waals surface area contributed by atoms with Crippen LogP contribution in [0.25, 0.3) is 0 Å². The molecule has 0 spiro atoms. The minimum atomic E-state index is -0.333. The van der Waals surface area contributed by atoms with Crippen LogP contribution in [0.5, 0.6) is 5.75 Å². The lowest BCUT2D eigenvalue weighted by Gasteiger charge is -2.09. The number of hydrogen-bond acceptors (Lipinski definition) is 3. The Morgan fingerprint density at radius 1 is 1.25 bits per heavy atom. The highest BCUT2D eigenvalue weighted by atomic mass is 16.3. The third-order valence-electron chi connectivity index (χ3n) is 2.23. The average Bonchev–Trinajstić information content (AvgIpc) is 2.12. The number of phenolic OH excluding ortho intramolecular Hbond substituents is 1. The predicted molar refractivity (Wildman–Crippen MR) is 61.5 cm³/mol. The van der Waals surface area contributed by atoms with Crippen molar-refractivity contribution >= 4 is 17.4 Å². The molecule has 0 saturated heterocycles. The van der Waals surface area contributed by atoms with Gasteiger partial charge in [0.1, 0.15) is 11.5 Å². The van der Waals surface area contributed by atoms with Crippen LogP contribution in [0.1, 0.15) is 24.5 Å². The summed E-state index contributed by atoms with van der Waals surface area (Å²) < 4.78 is 0. The Morgan fingerprint density at radius 2 is 1.88 bits per heavy atom. The number of Topliss-reactive ketones (excluding diaryl/α,β-unsaturated/α-hetero) is 1. The fourth-order valence-electron chi connectivity index (χ4n) is 1.36. The molecule has 0 aliphatic rings. The van der Waals surface area contributed by atoms with Crippen LogP contribution in [-0.2, 0) is 9.59 Å². The summed E-state index contributed by atoms with van der Waals surface area (Å²) >= 11 is 0. The smallest absolute Gasteiger partial charge is 0.231 e. The van der Waals surface area contributed by atoms with E-state index in [1.165, 1.54) is 6.92 Å². The maximum atomic E-state index is 11.4. The molecule has 0 aromatic heterocycles. The summed E-state index contributed by atoms with van der Waals surface area (Å²) in [5, 5.41) is 12.1. The van der Waals surface area contributed by atoms with E-state index in [1.807, 2.05) is 0 Å². The van der Waals surface area contributed by atoms with E-state index in [0.29, 0.717) is 11.3 Å². The number of ketones is 1. The maximum absolute atomic E-state index is 11.4. The summed E-state index contributed by atoms with van der Waals surface area (Å²) in [6.07, 6.45) is -0.126. The molecule has 0 aliphatic heterocycles. The molecule has 16 heavy (non-hydrogen) atoms. The van der Waals surface area contributed by atoms with Crippen molar-refractivity contribution in [2.45, 2.75) is 27.2 Å². The van der Waals surface area contributed by atoms with Gasteiger partial charge in [-0.05, 0) is 44.0 Å². The zero-order chi connectivity index (χ0) is 12.3. The van der Waals surface area contributed by atoms with Crippen molar-refractivity contribution < 1.29 is 14.7 Å². The van der Waals surface area contributed by atoms with Crippen molar-refractivity contribution in [2.75, 3.05) is 5.32 Å². The summed E-state index contributed by atoms with van der Waals surface area (Å²) in [7, 11) is 0. The first-order chi connectivity index (χ1) is 7.40. The van der Waals surface area contributed by atoms with Crippen molar-refractivity contribution in [3.8, 4) is 5.75 Å². The van der Waals surface area contributed by atoms with Gasteiger partial charge in [0.2, 0.25) is 5.91 Å². The molecule has 1 rings (SSSR count). The third kappa shape index (κ3) is 3.08. The predicted octanol–water partition coefficient (Wildman–Crippen LogP) is 1.93. The summed E-state index contributed by atoms with van der Waals surface area (Å²) in [6, 6.07) is 3.27. The van der Waals surface area contributed by atoms with E-state index in [-0.39, 0.29) is 23.9 Å². The second-order valence-corrected chi connectivity index (χ2v) is 3.88. The first kappa shape index (κ1) is 12.2.